The average Bonchev–Trinajstić information content (AvgIpc) is 2.46. The third-order valence-corrected chi connectivity index (χ3v) is 6.39. The van der Waals surface area contributed by atoms with E-state index in [1.807, 2.05) is 11.8 Å². The Labute approximate surface area is 134 Å². The van der Waals surface area contributed by atoms with Gasteiger partial charge in [-0.15, -0.1) is 0 Å². The van der Waals surface area contributed by atoms with Gasteiger partial charge in [0.25, 0.3) is 0 Å². The molecule has 1 saturated carbocycles. The third kappa shape index (κ3) is 4.20. The number of sulfonamides is 1. The van der Waals surface area contributed by atoms with Crippen LogP contribution in [0, 0.1) is 5.92 Å². The summed E-state index contributed by atoms with van der Waals surface area (Å²) in [6, 6.07) is 0.179. The van der Waals surface area contributed by atoms with E-state index in [0.29, 0.717) is 19.6 Å². The number of carbonyl (C=O) groups excluding carboxylic acids is 1. The summed E-state index contributed by atoms with van der Waals surface area (Å²) in [4.78, 5) is 14.5. The number of rotatable bonds is 4. The summed E-state index contributed by atoms with van der Waals surface area (Å²) in [7, 11) is -3.17. The van der Waals surface area contributed by atoms with Crippen molar-refractivity contribution in [2.45, 2.75) is 57.5 Å². The van der Waals surface area contributed by atoms with Crippen molar-refractivity contribution in [3.05, 3.63) is 0 Å². The molecule has 2 atom stereocenters. The number of nitrogens with zero attached hydrogens (tertiary/aromatic N) is 2. The van der Waals surface area contributed by atoms with Crippen molar-refractivity contribution in [2.24, 2.45) is 11.7 Å². The van der Waals surface area contributed by atoms with Gasteiger partial charge < -0.3 is 10.6 Å². The van der Waals surface area contributed by atoms with Crippen LogP contribution in [-0.4, -0.2) is 61.5 Å². The topological polar surface area (TPSA) is 83.7 Å². The summed E-state index contributed by atoms with van der Waals surface area (Å²) < 4.78 is 25.1. The molecule has 128 valence electrons. The van der Waals surface area contributed by atoms with E-state index in [4.69, 9.17) is 5.73 Å². The zero-order valence-electron chi connectivity index (χ0n) is 13.7. The molecule has 7 heteroatoms. The predicted octanol–water partition coefficient (Wildman–Crippen LogP) is 0.776. The van der Waals surface area contributed by atoms with Gasteiger partial charge in [-0.05, 0) is 32.1 Å². The smallest absolute Gasteiger partial charge is 0.225 e. The van der Waals surface area contributed by atoms with Crippen LogP contribution in [0.15, 0.2) is 0 Å². The summed E-state index contributed by atoms with van der Waals surface area (Å²) in [6.07, 6.45) is 6.51. The Morgan fingerprint density at radius 2 is 1.86 bits per heavy atom. The van der Waals surface area contributed by atoms with E-state index in [9.17, 15) is 13.2 Å². The SMILES string of the molecule is CCN(C1CCN(C(=O)C2CCCC(N)C2)CC1)S(C)(=O)=O. The van der Waals surface area contributed by atoms with Crippen LogP contribution in [-0.2, 0) is 14.8 Å². The number of hydrogen-bond acceptors (Lipinski definition) is 4. The highest BCUT2D eigenvalue weighted by molar-refractivity contribution is 7.88. The Hall–Kier alpha value is -0.660. The molecule has 0 aromatic rings. The maximum absolute atomic E-state index is 12.6. The van der Waals surface area contributed by atoms with Crippen LogP contribution >= 0.6 is 0 Å². The zero-order valence-corrected chi connectivity index (χ0v) is 14.5. The van der Waals surface area contributed by atoms with Crippen molar-refractivity contribution in [3.63, 3.8) is 0 Å². The fourth-order valence-corrected chi connectivity index (χ4v) is 5.07. The summed E-state index contributed by atoms with van der Waals surface area (Å²) in [6.45, 7) is 3.67. The lowest BCUT2D eigenvalue weighted by molar-refractivity contribution is -0.138. The highest BCUT2D eigenvalue weighted by Crippen LogP contribution is 2.27. The average molecular weight is 331 g/mol. The van der Waals surface area contributed by atoms with E-state index in [2.05, 4.69) is 0 Å². The number of likely N-dealkylation sites (tertiary alicyclic amines) is 1. The molecule has 2 N–H and O–H groups in total. The highest BCUT2D eigenvalue weighted by Gasteiger charge is 2.34. The Balaban J connectivity index is 1.90. The summed E-state index contributed by atoms with van der Waals surface area (Å²) in [5.74, 6) is 0.286. The number of carbonyl (C=O) groups is 1. The summed E-state index contributed by atoms with van der Waals surface area (Å²) in [5, 5.41) is 0. The summed E-state index contributed by atoms with van der Waals surface area (Å²) >= 11 is 0. The molecule has 1 saturated heterocycles. The molecular formula is C15H29N3O3S. The lowest BCUT2D eigenvalue weighted by Gasteiger charge is -2.39. The van der Waals surface area contributed by atoms with Crippen molar-refractivity contribution >= 4 is 15.9 Å². The Morgan fingerprint density at radius 3 is 2.36 bits per heavy atom. The minimum absolute atomic E-state index is 0.0256. The third-order valence-electron chi connectivity index (χ3n) is 4.99. The molecule has 1 aliphatic carbocycles. The second-order valence-electron chi connectivity index (χ2n) is 6.65. The van der Waals surface area contributed by atoms with Crippen LogP contribution < -0.4 is 5.73 Å². The van der Waals surface area contributed by atoms with Crippen LogP contribution in [0.1, 0.15) is 45.4 Å². The van der Waals surface area contributed by atoms with Gasteiger partial charge in [0.15, 0.2) is 0 Å². The molecule has 0 radical (unpaired) electrons. The second-order valence-corrected chi connectivity index (χ2v) is 8.58. The van der Waals surface area contributed by atoms with Gasteiger partial charge in [0, 0.05) is 37.6 Å². The van der Waals surface area contributed by atoms with Crippen LogP contribution in [0.2, 0.25) is 0 Å². The van der Waals surface area contributed by atoms with Gasteiger partial charge in [-0.1, -0.05) is 13.3 Å². The first-order chi connectivity index (χ1) is 10.3. The van der Waals surface area contributed by atoms with Gasteiger partial charge in [0.05, 0.1) is 6.26 Å². The zero-order chi connectivity index (χ0) is 16.3. The van der Waals surface area contributed by atoms with Crippen molar-refractivity contribution in [1.82, 2.24) is 9.21 Å². The molecule has 6 nitrogen and oxygen atoms in total. The van der Waals surface area contributed by atoms with E-state index in [0.717, 1.165) is 38.5 Å². The Kier molecular flexibility index (Phi) is 5.85. The second kappa shape index (κ2) is 7.27. The van der Waals surface area contributed by atoms with Gasteiger partial charge >= 0.3 is 0 Å². The first-order valence-electron chi connectivity index (χ1n) is 8.34. The number of hydrogen-bond donors (Lipinski definition) is 1. The van der Waals surface area contributed by atoms with Crippen LogP contribution in [0.25, 0.3) is 0 Å². The molecular weight excluding hydrogens is 302 g/mol. The maximum Gasteiger partial charge on any atom is 0.225 e. The van der Waals surface area contributed by atoms with Gasteiger partial charge in [-0.3, -0.25) is 4.79 Å². The van der Waals surface area contributed by atoms with Gasteiger partial charge in [0.2, 0.25) is 15.9 Å². The van der Waals surface area contributed by atoms with Crippen LogP contribution in [0.5, 0.6) is 0 Å². The van der Waals surface area contributed by atoms with Gasteiger partial charge in [-0.25, -0.2) is 8.42 Å². The molecule has 2 aliphatic rings. The standard InChI is InChI=1S/C15H29N3O3S/c1-3-18(22(2,20)21)14-7-9-17(10-8-14)15(19)12-5-4-6-13(16)11-12/h12-14H,3-11,16H2,1-2H3. The molecule has 2 rings (SSSR count). The Morgan fingerprint density at radius 1 is 1.23 bits per heavy atom. The maximum atomic E-state index is 12.6. The molecule has 1 aliphatic heterocycles. The first-order valence-corrected chi connectivity index (χ1v) is 10.2. The molecule has 2 unspecified atom stereocenters. The summed E-state index contributed by atoms with van der Waals surface area (Å²) in [5.41, 5.74) is 5.98. The quantitative estimate of drug-likeness (QED) is 0.825. The lowest BCUT2D eigenvalue weighted by atomic mass is 9.85. The van der Waals surface area contributed by atoms with Crippen molar-refractivity contribution in [1.29, 1.82) is 0 Å². The van der Waals surface area contributed by atoms with Crippen LogP contribution in [0.4, 0.5) is 0 Å². The fraction of sp³-hybridized carbons (Fsp3) is 0.933. The van der Waals surface area contributed by atoms with Crippen molar-refractivity contribution < 1.29 is 13.2 Å². The van der Waals surface area contributed by atoms with Crippen LogP contribution in [0.3, 0.4) is 0 Å². The van der Waals surface area contributed by atoms with E-state index in [-0.39, 0.29) is 23.9 Å². The fourth-order valence-electron chi connectivity index (χ4n) is 3.85. The monoisotopic (exact) mass is 331 g/mol. The molecule has 0 spiro atoms. The van der Waals surface area contributed by atoms with Gasteiger partial charge in [0.1, 0.15) is 0 Å². The van der Waals surface area contributed by atoms with Gasteiger partial charge in [-0.2, -0.15) is 4.31 Å². The van der Waals surface area contributed by atoms with E-state index >= 15 is 0 Å². The van der Waals surface area contributed by atoms with E-state index < -0.39 is 10.0 Å². The molecule has 1 amide bonds. The normalized spacial score (nSPS) is 28.1. The molecule has 22 heavy (non-hydrogen) atoms. The molecule has 0 aromatic carbocycles. The number of piperidine rings is 1. The minimum atomic E-state index is -3.17. The molecule has 2 fully saturated rings. The van der Waals surface area contributed by atoms with Crippen molar-refractivity contribution in [2.75, 3.05) is 25.9 Å². The predicted molar refractivity (Wildman–Crippen MR) is 86.8 cm³/mol. The Bertz CT molecular complexity index is 486. The minimum Gasteiger partial charge on any atom is -0.342 e. The molecule has 0 bridgehead atoms. The van der Waals surface area contributed by atoms with E-state index in [1.54, 1.807) is 4.31 Å². The molecule has 0 aromatic heterocycles. The lowest BCUT2D eigenvalue weighted by Crippen LogP contribution is -2.50. The first kappa shape index (κ1) is 17.7. The largest absolute Gasteiger partial charge is 0.342 e. The number of nitrogens with two attached hydrogens (primary N) is 1. The highest BCUT2D eigenvalue weighted by atomic mass is 32.2. The van der Waals surface area contributed by atoms with Crippen molar-refractivity contribution in [3.8, 4) is 0 Å². The van der Waals surface area contributed by atoms with E-state index in [1.165, 1.54) is 6.26 Å². The number of amides is 1. The molecule has 1 heterocycles.